The van der Waals surface area contributed by atoms with Crippen LogP contribution in [0.4, 0.5) is 0 Å². The summed E-state index contributed by atoms with van der Waals surface area (Å²) in [5.41, 5.74) is 4.24. The number of hydrogen-bond donors (Lipinski definition) is 0. The molecule has 23 heavy (non-hydrogen) atoms. The minimum Gasteiger partial charge on any atom is -1.00 e. The molecule has 0 nitrogen and oxygen atoms in total. The second-order valence-electron chi connectivity index (χ2n) is 5.06. The molecule has 0 spiro atoms. The summed E-state index contributed by atoms with van der Waals surface area (Å²) in [5.74, 6) is 0. The standard InChI is InChI=1S/C17H15.C2H6Si.2ClH.Zr/c1-13-11-15-9-5-6-10-16(15)17(13)12-14-7-3-2-4-8-14;1-3-2;;;/h2-11H,12H2,1H3;1-2H3;2*1H;/q-1;;;;+3/p-2. The molecule has 0 fully saturated rings. The summed E-state index contributed by atoms with van der Waals surface area (Å²) in [6, 6.07) is 21.6. The first-order valence-electron chi connectivity index (χ1n) is 7.02. The largest absolute Gasteiger partial charge is 3.00 e. The average Bonchev–Trinajstić information content (AvgIpc) is 2.77. The van der Waals surface area contributed by atoms with Gasteiger partial charge in [-0.2, -0.15) is 0 Å². The van der Waals surface area contributed by atoms with Gasteiger partial charge in [0.05, 0.1) is 0 Å². The second-order valence-corrected chi connectivity index (χ2v) is 6.06. The van der Waals surface area contributed by atoms with Crippen molar-refractivity contribution >= 4 is 20.3 Å². The van der Waals surface area contributed by atoms with E-state index in [1.165, 1.54) is 27.5 Å². The Morgan fingerprint density at radius 3 is 2.00 bits per heavy atom. The van der Waals surface area contributed by atoms with Crippen LogP contribution in [0.5, 0.6) is 0 Å². The van der Waals surface area contributed by atoms with Gasteiger partial charge in [-0.05, 0) is 6.42 Å². The van der Waals surface area contributed by atoms with Gasteiger partial charge >= 0.3 is 26.2 Å². The van der Waals surface area contributed by atoms with Crippen LogP contribution in [0.25, 0.3) is 10.8 Å². The van der Waals surface area contributed by atoms with Crippen molar-refractivity contribution < 1.29 is 51.0 Å². The third-order valence-corrected chi connectivity index (χ3v) is 3.36. The van der Waals surface area contributed by atoms with Crippen LogP contribution in [0.3, 0.4) is 0 Å². The molecule has 119 valence electrons. The number of rotatable bonds is 2. The first-order chi connectivity index (χ1) is 9.76. The van der Waals surface area contributed by atoms with Crippen LogP contribution >= 0.6 is 0 Å². The summed E-state index contributed by atoms with van der Waals surface area (Å²) in [4.78, 5) is 0. The van der Waals surface area contributed by atoms with Gasteiger partial charge in [0.1, 0.15) is 0 Å². The van der Waals surface area contributed by atoms with Gasteiger partial charge in [0.25, 0.3) is 0 Å². The third kappa shape index (κ3) is 7.01. The van der Waals surface area contributed by atoms with E-state index in [-0.39, 0.29) is 51.0 Å². The zero-order valence-electron chi connectivity index (χ0n) is 13.7. The molecule has 0 aliphatic carbocycles. The Labute approximate surface area is 174 Å². The molecular weight excluding hydrogens is 418 g/mol. The van der Waals surface area contributed by atoms with E-state index in [4.69, 9.17) is 0 Å². The summed E-state index contributed by atoms with van der Waals surface area (Å²) in [6.07, 6.45) is 1.03. The van der Waals surface area contributed by atoms with Crippen molar-refractivity contribution in [3.8, 4) is 0 Å². The van der Waals surface area contributed by atoms with E-state index < -0.39 is 0 Å². The van der Waals surface area contributed by atoms with Crippen LogP contribution in [-0.4, -0.2) is 9.52 Å². The first-order valence-corrected chi connectivity index (χ1v) is 9.02. The molecule has 3 rings (SSSR count). The van der Waals surface area contributed by atoms with E-state index in [0.29, 0.717) is 0 Å². The van der Waals surface area contributed by atoms with Gasteiger partial charge in [0, 0.05) is 9.52 Å². The summed E-state index contributed by atoms with van der Waals surface area (Å²) in [7, 11) is 1.08. The second kappa shape index (κ2) is 13.1. The average molecular weight is 440 g/mol. The Morgan fingerprint density at radius 2 is 1.39 bits per heavy atom. The van der Waals surface area contributed by atoms with Crippen molar-refractivity contribution in [1.82, 2.24) is 0 Å². The molecule has 3 radical (unpaired) electrons. The van der Waals surface area contributed by atoms with Crippen LogP contribution < -0.4 is 24.8 Å². The molecule has 0 atom stereocenters. The van der Waals surface area contributed by atoms with Crippen LogP contribution in [0.15, 0.2) is 60.7 Å². The van der Waals surface area contributed by atoms with Gasteiger partial charge in [0.2, 0.25) is 0 Å². The molecule has 0 unspecified atom stereocenters. The van der Waals surface area contributed by atoms with Gasteiger partial charge in [-0.3, -0.25) is 0 Å². The van der Waals surface area contributed by atoms with Crippen molar-refractivity contribution in [2.24, 2.45) is 0 Å². The van der Waals surface area contributed by atoms with Gasteiger partial charge in [-0.25, -0.2) is 0 Å². The fraction of sp³-hybridized carbons (Fsp3) is 0.211. The van der Waals surface area contributed by atoms with E-state index in [2.05, 4.69) is 80.7 Å². The van der Waals surface area contributed by atoms with Crippen molar-refractivity contribution in [1.29, 1.82) is 0 Å². The number of halogens is 2. The fourth-order valence-electron chi connectivity index (χ4n) is 2.47. The number of benzene rings is 2. The van der Waals surface area contributed by atoms with Crippen molar-refractivity contribution in [2.45, 2.75) is 26.4 Å². The normalized spacial score (nSPS) is 8.83. The van der Waals surface area contributed by atoms with Crippen LogP contribution in [-0.2, 0) is 32.6 Å². The number of hydrogen-bond acceptors (Lipinski definition) is 0. The maximum absolute atomic E-state index is 2.29. The Bertz CT molecular complexity index is 665. The molecule has 0 N–H and O–H groups in total. The van der Waals surface area contributed by atoms with E-state index in [1.807, 2.05) is 0 Å². The van der Waals surface area contributed by atoms with Crippen LogP contribution in [0.2, 0.25) is 13.1 Å². The number of fused-ring (bicyclic) bond motifs is 1. The van der Waals surface area contributed by atoms with Crippen molar-refractivity contribution in [2.75, 3.05) is 0 Å². The fourth-order valence-corrected chi connectivity index (χ4v) is 2.47. The van der Waals surface area contributed by atoms with E-state index >= 15 is 0 Å². The molecule has 3 aromatic rings. The first kappa shape index (κ1) is 25.0. The maximum Gasteiger partial charge on any atom is 3.00 e. The van der Waals surface area contributed by atoms with Gasteiger partial charge in [0.15, 0.2) is 0 Å². The monoisotopic (exact) mass is 437 g/mol. The van der Waals surface area contributed by atoms with E-state index in [9.17, 15) is 0 Å². The topological polar surface area (TPSA) is 0 Å². The van der Waals surface area contributed by atoms with Crippen LogP contribution in [0.1, 0.15) is 16.7 Å². The van der Waals surface area contributed by atoms with Gasteiger partial charge in [-0.1, -0.05) is 62.0 Å². The zero-order chi connectivity index (χ0) is 14.4. The van der Waals surface area contributed by atoms with E-state index in [0.717, 1.165) is 15.9 Å². The van der Waals surface area contributed by atoms with Crippen LogP contribution in [0, 0.1) is 6.92 Å². The molecule has 4 heteroatoms. The number of aryl methyl sites for hydroxylation is 1. The molecule has 0 saturated carbocycles. The van der Waals surface area contributed by atoms with Crippen molar-refractivity contribution in [3.63, 3.8) is 0 Å². The Balaban J connectivity index is 0. The SMILES string of the molecule is C[Si]C.Cc1[cH-]c2ccccc2c1Cc1ccccc1.[Cl-].[Cl-].[Zr+3]. The minimum absolute atomic E-state index is 0. The molecule has 0 heterocycles. The minimum atomic E-state index is 0. The predicted octanol–water partition coefficient (Wildman–Crippen LogP) is -0.750. The summed E-state index contributed by atoms with van der Waals surface area (Å²) >= 11 is 0. The third-order valence-electron chi connectivity index (χ3n) is 3.36. The molecule has 0 aliphatic rings. The summed E-state index contributed by atoms with van der Waals surface area (Å²) in [6.45, 7) is 6.51. The Hall–Kier alpha value is -0.270. The molecule has 0 aromatic heterocycles. The summed E-state index contributed by atoms with van der Waals surface area (Å²) in [5, 5.41) is 2.75. The molecule has 0 aliphatic heterocycles. The Morgan fingerprint density at radius 1 is 0.870 bits per heavy atom. The predicted molar refractivity (Wildman–Crippen MR) is 91.0 cm³/mol. The smallest absolute Gasteiger partial charge is 1.00 e. The zero-order valence-corrected chi connectivity index (χ0v) is 18.7. The quantitative estimate of drug-likeness (QED) is 0.364. The summed E-state index contributed by atoms with van der Waals surface area (Å²) < 4.78 is 0. The molecule has 3 aromatic carbocycles. The molecule has 0 amide bonds. The van der Waals surface area contributed by atoms with Crippen molar-refractivity contribution in [3.05, 3.63) is 77.4 Å². The Kier molecular flexibility index (Phi) is 14.2. The van der Waals surface area contributed by atoms with E-state index in [1.54, 1.807) is 0 Å². The maximum atomic E-state index is 2.29. The molecule has 0 saturated heterocycles. The van der Waals surface area contributed by atoms with Gasteiger partial charge in [-0.15, -0.1) is 46.2 Å². The molecular formula is C19H21Cl2SiZr. The van der Waals surface area contributed by atoms with Gasteiger partial charge < -0.3 is 24.8 Å². The molecule has 0 bridgehead atoms.